The monoisotopic (exact) mass is 301 g/mol. The van der Waals surface area contributed by atoms with Crippen LogP contribution in [0.3, 0.4) is 0 Å². The van der Waals surface area contributed by atoms with E-state index in [4.69, 9.17) is 5.11 Å². The quantitative estimate of drug-likeness (QED) is 0.649. The molecule has 7 heteroatoms. The van der Waals surface area contributed by atoms with Gasteiger partial charge in [-0.15, -0.1) is 0 Å². The zero-order valence-corrected chi connectivity index (χ0v) is 13.7. The molecule has 0 saturated carbocycles. The molecule has 0 heterocycles. The first kappa shape index (κ1) is 19.4. The van der Waals surface area contributed by atoms with Crippen LogP contribution in [0.15, 0.2) is 0 Å². The third kappa shape index (κ3) is 8.29. The van der Waals surface area contributed by atoms with E-state index in [2.05, 4.69) is 10.6 Å². The van der Waals surface area contributed by atoms with E-state index in [1.165, 1.54) is 13.8 Å². The maximum atomic E-state index is 11.6. The second-order valence-corrected chi connectivity index (χ2v) is 7.00. The van der Waals surface area contributed by atoms with Gasteiger partial charge in [0.1, 0.15) is 0 Å². The van der Waals surface area contributed by atoms with Crippen LogP contribution in [-0.2, 0) is 9.59 Å². The molecule has 122 valence electrons. The minimum absolute atomic E-state index is 0.135. The van der Waals surface area contributed by atoms with Gasteiger partial charge in [0.05, 0.1) is 5.41 Å². The summed E-state index contributed by atoms with van der Waals surface area (Å²) in [6.07, 6.45) is -0.253. The second-order valence-electron chi connectivity index (χ2n) is 7.00. The van der Waals surface area contributed by atoms with E-state index in [0.29, 0.717) is 6.54 Å². The van der Waals surface area contributed by atoms with Crippen molar-refractivity contribution < 1.29 is 19.5 Å². The van der Waals surface area contributed by atoms with E-state index in [0.717, 1.165) is 6.54 Å². The maximum Gasteiger partial charge on any atom is 0.321 e. The minimum atomic E-state index is -1.20. The number of imide groups is 1. The molecule has 0 bridgehead atoms. The van der Waals surface area contributed by atoms with E-state index in [9.17, 15) is 14.4 Å². The molecule has 3 amide bonds. The summed E-state index contributed by atoms with van der Waals surface area (Å²) in [5.74, 6) is -1.68. The van der Waals surface area contributed by atoms with Crippen LogP contribution >= 0.6 is 0 Å². The Bertz CT molecular complexity index is 403. The fourth-order valence-corrected chi connectivity index (χ4v) is 1.92. The molecule has 21 heavy (non-hydrogen) atoms. The van der Waals surface area contributed by atoms with Gasteiger partial charge in [-0.3, -0.25) is 14.9 Å². The highest BCUT2D eigenvalue weighted by Crippen LogP contribution is 2.20. The Morgan fingerprint density at radius 3 is 2.05 bits per heavy atom. The van der Waals surface area contributed by atoms with Crippen molar-refractivity contribution in [3.05, 3.63) is 0 Å². The van der Waals surface area contributed by atoms with Crippen LogP contribution in [0.25, 0.3) is 0 Å². The zero-order valence-electron chi connectivity index (χ0n) is 13.7. The highest BCUT2D eigenvalue weighted by Gasteiger charge is 2.30. The molecule has 0 unspecified atom stereocenters. The van der Waals surface area contributed by atoms with Crippen LogP contribution < -0.4 is 10.6 Å². The van der Waals surface area contributed by atoms with Crippen molar-refractivity contribution in [1.82, 2.24) is 15.5 Å². The van der Waals surface area contributed by atoms with Crippen LogP contribution in [0.4, 0.5) is 4.79 Å². The van der Waals surface area contributed by atoms with Crippen LogP contribution in [0.1, 0.15) is 34.1 Å². The van der Waals surface area contributed by atoms with Gasteiger partial charge in [0.25, 0.3) is 0 Å². The zero-order chi connectivity index (χ0) is 16.8. The standard InChI is InChI=1S/C14H27N3O4/c1-13(2,9-17(5)6)8-15-12(21)16-10(18)7-14(3,4)11(19)20/h7-9H2,1-6H3,(H,19,20)(H2,15,16,18,21). The Hall–Kier alpha value is -1.63. The number of nitrogens with zero attached hydrogens (tertiary/aromatic N) is 1. The topological polar surface area (TPSA) is 98.7 Å². The summed E-state index contributed by atoms with van der Waals surface area (Å²) in [5.41, 5.74) is -1.33. The van der Waals surface area contributed by atoms with Crippen LogP contribution in [0, 0.1) is 10.8 Å². The van der Waals surface area contributed by atoms with Crippen LogP contribution in [0.2, 0.25) is 0 Å². The lowest BCUT2D eigenvalue weighted by molar-refractivity contribution is -0.149. The lowest BCUT2D eigenvalue weighted by Crippen LogP contribution is -2.46. The molecule has 0 aromatic carbocycles. The lowest BCUT2D eigenvalue weighted by atomic mass is 9.89. The van der Waals surface area contributed by atoms with Crippen molar-refractivity contribution in [3.63, 3.8) is 0 Å². The summed E-state index contributed by atoms with van der Waals surface area (Å²) in [6, 6.07) is -0.604. The SMILES string of the molecule is CN(C)CC(C)(C)CNC(=O)NC(=O)CC(C)(C)C(=O)O. The molecule has 0 aromatic rings. The molecule has 0 spiro atoms. The Morgan fingerprint density at radius 1 is 1.10 bits per heavy atom. The number of urea groups is 1. The molecule has 0 atom stereocenters. The van der Waals surface area contributed by atoms with E-state index in [1.54, 1.807) is 0 Å². The van der Waals surface area contributed by atoms with Gasteiger partial charge >= 0.3 is 12.0 Å². The van der Waals surface area contributed by atoms with Crippen molar-refractivity contribution in [2.24, 2.45) is 10.8 Å². The van der Waals surface area contributed by atoms with Gasteiger partial charge in [-0.2, -0.15) is 0 Å². The molecule has 7 nitrogen and oxygen atoms in total. The predicted octanol–water partition coefficient (Wildman–Crippen LogP) is 0.901. The summed E-state index contributed by atoms with van der Waals surface area (Å²) in [4.78, 5) is 36.2. The fraction of sp³-hybridized carbons (Fsp3) is 0.786. The first-order chi connectivity index (χ1) is 9.35. The van der Waals surface area contributed by atoms with Gasteiger partial charge in [0.2, 0.25) is 5.91 Å². The molecule has 0 aliphatic heterocycles. The third-order valence-electron chi connectivity index (χ3n) is 2.91. The molecular weight excluding hydrogens is 274 g/mol. The summed E-state index contributed by atoms with van der Waals surface area (Å²) in [7, 11) is 3.89. The van der Waals surface area contributed by atoms with Crippen molar-refractivity contribution in [3.8, 4) is 0 Å². The first-order valence-electron chi connectivity index (χ1n) is 6.81. The maximum absolute atomic E-state index is 11.6. The number of rotatable bonds is 7. The number of aliphatic carboxylic acids is 1. The van der Waals surface area contributed by atoms with Gasteiger partial charge in [0.15, 0.2) is 0 Å². The molecule has 3 N–H and O–H groups in total. The smallest absolute Gasteiger partial charge is 0.321 e. The van der Waals surface area contributed by atoms with Crippen molar-refractivity contribution in [2.45, 2.75) is 34.1 Å². The average Bonchev–Trinajstić information content (AvgIpc) is 2.23. The normalized spacial score (nSPS) is 12.1. The van der Waals surface area contributed by atoms with E-state index < -0.39 is 23.3 Å². The van der Waals surface area contributed by atoms with Crippen molar-refractivity contribution in [1.29, 1.82) is 0 Å². The Labute approximate surface area is 126 Å². The number of carbonyl (C=O) groups is 3. The van der Waals surface area contributed by atoms with E-state index >= 15 is 0 Å². The number of nitrogens with one attached hydrogen (secondary N) is 2. The molecule has 0 saturated heterocycles. The van der Waals surface area contributed by atoms with Crippen molar-refractivity contribution >= 4 is 17.9 Å². The van der Waals surface area contributed by atoms with Gasteiger partial charge < -0.3 is 15.3 Å². The van der Waals surface area contributed by atoms with Crippen LogP contribution in [-0.4, -0.2) is 55.1 Å². The summed E-state index contributed by atoms with van der Waals surface area (Å²) in [5, 5.41) is 13.7. The molecule has 0 aromatic heterocycles. The number of carboxylic acids is 1. The number of hydrogen-bond donors (Lipinski definition) is 3. The molecule has 0 rings (SSSR count). The van der Waals surface area contributed by atoms with E-state index in [1.807, 2.05) is 32.8 Å². The van der Waals surface area contributed by atoms with Gasteiger partial charge in [-0.1, -0.05) is 13.8 Å². The van der Waals surface area contributed by atoms with Crippen molar-refractivity contribution in [2.75, 3.05) is 27.2 Å². The molecule has 0 radical (unpaired) electrons. The minimum Gasteiger partial charge on any atom is -0.481 e. The molecule has 0 fully saturated rings. The lowest BCUT2D eigenvalue weighted by Gasteiger charge is -2.28. The highest BCUT2D eigenvalue weighted by atomic mass is 16.4. The Morgan fingerprint density at radius 2 is 1.62 bits per heavy atom. The third-order valence-corrected chi connectivity index (χ3v) is 2.91. The summed E-state index contributed by atoms with van der Waals surface area (Å²) in [6.45, 7) is 8.07. The predicted molar refractivity (Wildman–Crippen MR) is 79.9 cm³/mol. The van der Waals surface area contributed by atoms with E-state index in [-0.39, 0.29) is 11.8 Å². The van der Waals surface area contributed by atoms with Gasteiger partial charge in [0, 0.05) is 19.5 Å². The number of hydrogen-bond acceptors (Lipinski definition) is 4. The molecule has 0 aliphatic rings. The molecule has 0 aliphatic carbocycles. The fourth-order valence-electron chi connectivity index (χ4n) is 1.92. The van der Waals surface area contributed by atoms with Gasteiger partial charge in [-0.05, 0) is 33.4 Å². The Kier molecular flexibility index (Phi) is 6.82. The largest absolute Gasteiger partial charge is 0.481 e. The first-order valence-corrected chi connectivity index (χ1v) is 6.81. The second kappa shape index (κ2) is 7.40. The molecular formula is C14H27N3O4. The van der Waals surface area contributed by atoms with Gasteiger partial charge in [-0.25, -0.2) is 4.79 Å². The average molecular weight is 301 g/mol. The number of carbonyl (C=O) groups excluding carboxylic acids is 2. The van der Waals surface area contributed by atoms with Crippen LogP contribution in [0.5, 0.6) is 0 Å². The Balaban J connectivity index is 4.27. The number of amides is 3. The number of carboxylic acid groups (broad SMARTS) is 1. The highest BCUT2D eigenvalue weighted by molar-refractivity contribution is 5.96. The summed E-state index contributed by atoms with van der Waals surface area (Å²) >= 11 is 0. The summed E-state index contributed by atoms with van der Waals surface area (Å²) < 4.78 is 0.